The quantitative estimate of drug-likeness (QED) is 0.825. The minimum atomic E-state index is -0.153. The number of phenols is 1. The summed E-state index contributed by atoms with van der Waals surface area (Å²) in [5.41, 5.74) is 9.52. The molecule has 0 aliphatic heterocycles. The first kappa shape index (κ1) is 13.9. The van der Waals surface area contributed by atoms with Crippen molar-refractivity contribution in [2.45, 2.75) is 13.8 Å². The number of aromatic hydroxyl groups is 1. The lowest BCUT2D eigenvalue weighted by Gasteiger charge is -2.19. The van der Waals surface area contributed by atoms with E-state index >= 15 is 0 Å². The normalized spacial score (nSPS) is 10.3. The number of rotatable bonds is 2. The molecular formula is C16H18N2O2. The maximum Gasteiger partial charge on any atom is 0.258 e. The molecule has 3 N–H and O–H groups in total. The molecule has 0 unspecified atom stereocenters. The van der Waals surface area contributed by atoms with Crippen molar-refractivity contribution in [2.24, 2.45) is 0 Å². The number of phenolic OH excluding ortho intramolecular Hbond substituents is 1. The standard InChI is InChI=1S/C16H18N2O2/c1-10-7-11(2)15(17)9-14(10)16(20)18(3)12-5-4-6-13(19)8-12/h4-9,19H,17H2,1-3H3. The lowest BCUT2D eigenvalue weighted by atomic mass is 10.0. The van der Waals surface area contributed by atoms with Crippen LogP contribution in [0.3, 0.4) is 0 Å². The average Bonchev–Trinajstić information content (AvgIpc) is 2.41. The van der Waals surface area contributed by atoms with Crippen LogP contribution >= 0.6 is 0 Å². The molecule has 20 heavy (non-hydrogen) atoms. The molecule has 0 aromatic heterocycles. The highest BCUT2D eigenvalue weighted by Gasteiger charge is 2.17. The molecule has 104 valence electrons. The van der Waals surface area contributed by atoms with Gasteiger partial charge in [0, 0.05) is 30.1 Å². The summed E-state index contributed by atoms with van der Waals surface area (Å²) in [6.45, 7) is 3.80. The summed E-state index contributed by atoms with van der Waals surface area (Å²) in [6.07, 6.45) is 0. The van der Waals surface area contributed by atoms with Crippen LogP contribution in [0, 0.1) is 13.8 Å². The number of benzene rings is 2. The number of aryl methyl sites for hydroxylation is 2. The van der Waals surface area contributed by atoms with E-state index in [0.29, 0.717) is 16.9 Å². The van der Waals surface area contributed by atoms with Gasteiger partial charge in [0.2, 0.25) is 0 Å². The van der Waals surface area contributed by atoms with Crippen LogP contribution in [-0.2, 0) is 0 Å². The first-order valence-electron chi connectivity index (χ1n) is 6.34. The van der Waals surface area contributed by atoms with E-state index in [9.17, 15) is 9.90 Å². The summed E-state index contributed by atoms with van der Waals surface area (Å²) in [7, 11) is 1.67. The van der Waals surface area contributed by atoms with Gasteiger partial charge in [-0.25, -0.2) is 0 Å². The minimum absolute atomic E-state index is 0.127. The van der Waals surface area contributed by atoms with Crippen LogP contribution in [0.25, 0.3) is 0 Å². The molecule has 1 amide bonds. The van der Waals surface area contributed by atoms with Crippen LogP contribution < -0.4 is 10.6 Å². The zero-order valence-corrected chi connectivity index (χ0v) is 11.8. The zero-order valence-electron chi connectivity index (χ0n) is 11.8. The molecule has 0 radical (unpaired) electrons. The molecule has 4 nitrogen and oxygen atoms in total. The third-order valence-corrected chi connectivity index (χ3v) is 3.37. The third-order valence-electron chi connectivity index (χ3n) is 3.37. The Morgan fingerprint density at radius 3 is 2.50 bits per heavy atom. The van der Waals surface area contributed by atoms with Crippen molar-refractivity contribution < 1.29 is 9.90 Å². The molecule has 2 rings (SSSR count). The Morgan fingerprint density at radius 1 is 1.15 bits per heavy atom. The number of anilines is 2. The highest BCUT2D eigenvalue weighted by Crippen LogP contribution is 2.23. The van der Waals surface area contributed by atoms with E-state index in [1.54, 1.807) is 37.4 Å². The molecule has 0 aliphatic carbocycles. The van der Waals surface area contributed by atoms with Gasteiger partial charge in [0.05, 0.1) is 0 Å². The Bertz CT molecular complexity index is 666. The van der Waals surface area contributed by atoms with E-state index in [1.165, 1.54) is 4.90 Å². The molecule has 0 heterocycles. The van der Waals surface area contributed by atoms with E-state index in [4.69, 9.17) is 5.73 Å². The molecule has 0 atom stereocenters. The van der Waals surface area contributed by atoms with Gasteiger partial charge in [-0.15, -0.1) is 0 Å². The van der Waals surface area contributed by atoms with Crippen LogP contribution in [0.15, 0.2) is 36.4 Å². The van der Waals surface area contributed by atoms with E-state index in [0.717, 1.165) is 11.1 Å². The molecule has 2 aromatic rings. The van der Waals surface area contributed by atoms with E-state index < -0.39 is 0 Å². The first-order valence-corrected chi connectivity index (χ1v) is 6.34. The highest BCUT2D eigenvalue weighted by molar-refractivity contribution is 6.07. The van der Waals surface area contributed by atoms with Crippen molar-refractivity contribution in [3.05, 3.63) is 53.1 Å². The molecule has 4 heteroatoms. The molecule has 0 spiro atoms. The predicted octanol–water partition coefficient (Wildman–Crippen LogP) is 2.87. The smallest absolute Gasteiger partial charge is 0.258 e. The summed E-state index contributed by atoms with van der Waals surface area (Å²) in [4.78, 5) is 14.0. The Labute approximate surface area is 118 Å². The molecule has 2 aromatic carbocycles. The highest BCUT2D eigenvalue weighted by atomic mass is 16.3. The van der Waals surface area contributed by atoms with Gasteiger partial charge in [0.1, 0.15) is 5.75 Å². The van der Waals surface area contributed by atoms with Gasteiger partial charge in [-0.3, -0.25) is 4.79 Å². The van der Waals surface area contributed by atoms with E-state index in [2.05, 4.69) is 0 Å². The van der Waals surface area contributed by atoms with Gasteiger partial charge >= 0.3 is 0 Å². The Hall–Kier alpha value is -2.49. The number of nitrogen functional groups attached to an aromatic ring is 1. The van der Waals surface area contributed by atoms with Crippen molar-refractivity contribution in [1.82, 2.24) is 0 Å². The monoisotopic (exact) mass is 270 g/mol. The number of carbonyl (C=O) groups is 1. The molecule has 0 aliphatic rings. The molecule has 0 bridgehead atoms. The second kappa shape index (κ2) is 5.25. The average molecular weight is 270 g/mol. The van der Waals surface area contributed by atoms with Crippen molar-refractivity contribution in [3.63, 3.8) is 0 Å². The van der Waals surface area contributed by atoms with Gasteiger partial charge in [-0.2, -0.15) is 0 Å². The fourth-order valence-corrected chi connectivity index (χ4v) is 2.10. The number of amides is 1. The van der Waals surface area contributed by atoms with Gasteiger partial charge in [0.25, 0.3) is 5.91 Å². The fourth-order valence-electron chi connectivity index (χ4n) is 2.10. The van der Waals surface area contributed by atoms with E-state index in [-0.39, 0.29) is 11.7 Å². The summed E-state index contributed by atoms with van der Waals surface area (Å²) >= 11 is 0. The summed E-state index contributed by atoms with van der Waals surface area (Å²) in [6, 6.07) is 10.2. The summed E-state index contributed by atoms with van der Waals surface area (Å²) < 4.78 is 0. The number of nitrogens with zero attached hydrogens (tertiary/aromatic N) is 1. The molecule has 0 saturated carbocycles. The maximum atomic E-state index is 12.5. The number of hydrogen-bond acceptors (Lipinski definition) is 3. The number of carbonyl (C=O) groups excluding carboxylic acids is 1. The lowest BCUT2D eigenvalue weighted by molar-refractivity contribution is 0.0992. The van der Waals surface area contributed by atoms with Crippen LogP contribution in [0.1, 0.15) is 21.5 Å². The Kier molecular flexibility index (Phi) is 3.66. The molecule has 0 saturated heterocycles. The predicted molar refractivity (Wildman–Crippen MR) is 81.2 cm³/mol. The van der Waals surface area contributed by atoms with Gasteiger partial charge in [-0.05, 0) is 43.2 Å². The SMILES string of the molecule is Cc1cc(C)c(C(=O)N(C)c2cccc(O)c2)cc1N. The summed E-state index contributed by atoms with van der Waals surface area (Å²) in [5.74, 6) is -0.0258. The first-order chi connectivity index (χ1) is 9.40. The van der Waals surface area contributed by atoms with Gasteiger partial charge in [0.15, 0.2) is 0 Å². The van der Waals surface area contributed by atoms with Crippen LogP contribution in [-0.4, -0.2) is 18.1 Å². The Morgan fingerprint density at radius 2 is 1.85 bits per heavy atom. The number of nitrogens with two attached hydrogens (primary N) is 1. The molecular weight excluding hydrogens is 252 g/mol. The largest absolute Gasteiger partial charge is 0.508 e. The van der Waals surface area contributed by atoms with Crippen LogP contribution in [0.5, 0.6) is 5.75 Å². The maximum absolute atomic E-state index is 12.5. The van der Waals surface area contributed by atoms with Crippen molar-refractivity contribution >= 4 is 17.3 Å². The topological polar surface area (TPSA) is 66.6 Å². The minimum Gasteiger partial charge on any atom is -0.508 e. The van der Waals surface area contributed by atoms with E-state index in [1.807, 2.05) is 19.9 Å². The third kappa shape index (κ3) is 2.59. The fraction of sp³-hybridized carbons (Fsp3) is 0.188. The van der Waals surface area contributed by atoms with Crippen LogP contribution in [0.4, 0.5) is 11.4 Å². The lowest BCUT2D eigenvalue weighted by Crippen LogP contribution is -2.27. The molecule has 0 fully saturated rings. The summed E-state index contributed by atoms with van der Waals surface area (Å²) in [5, 5.41) is 9.49. The van der Waals surface area contributed by atoms with Crippen molar-refractivity contribution in [2.75, 3.05) is 17.7 Å². The van der Waals surface area contributed by atoms with Gasteiger partial charge in [-0.1, -0.05) is 12.1 Å². The second-order valence-corrected chi connectivity index (χ2v) is 4.91. The van der Waals surface area contributed by atoms with Crippen molar-refractivity contribution in [3.8, 4) is 5.75 Å². The second-order valence-electron chi connectivity index (χ2n) is 4.91. The van der Waals surface area contributed by atoms with Crippen LogP contribution in [0.2, 0.25) is 0 Å². The zero-order chi connectivity index (χ0) is 14.9. The number of hydrogen-bond donors (Lipinski definition) is 2. The Balaban J connectivity index is 2.39. The van der Waals surface area contributed by atoms with Crippen molar-refractivity contribution in [1.29, 1.82) is 0 Å². The van der Waals surface area contributed by atoms with Gasteiger partial charge < -0.3 is 15.7 Å².